The van der Waals surface area contributed by atoms with Crippen LogP contribution < -0.4 is 10.5 Å². The second-order valence-corrected chi connectivity index (χ2v) is 5.32. The van der Waals surface area contributed by atoms with Gasteiger partial charge in [-0.15, -0.1) is 0 Å². The maximum absolute atomic E-state index is 13.7. The quantitative estimate of drug-likeness (QED) is 0.890. The fraction of sp³-hybridized carbons (Fsp3) is 0.600. The third-order valence-electron chi connectivity index (χ3n) is 4.52. The van der Waals surface area contributed by atoms with Crippen LogP contribution in [-0.4, -0.2) is 12.1 Å². The Kier molecular flexibility index (Phi) is 3.62. The topological polar surface area (TPSA) is 35.2 Å². The number of halogens is 1. The highest BCUT2D eigenvalue weighted by Gasteiger charge is 2.52. The molecule has 3 heteroatoms. The van der Waals surface area contributed by atoms with Gasteiger partial charge in [-0.05, 0) is 37.5 Å². The minimum Gasteiger partial charge on any atom is -0.487 e. The highest BCUT2D eigenvalue weighted by atomic mass is 19.1. The van der Waals surface area contributed by atoms with E-state index in [1.807, 2.05) is 6.92 Å². The van der Waals surface area contributed by atoms with Crippen LogP contribution in [0.1, 0.15) is 38.7 Å². The van der Waals surface area contributed by atoms with Crippen molar-refractivity contribution in [3.8, 4) is 5.75 Å². The number of aryl methyl sites for hydroxylation is 1. The Hall–Kier alpha value is -1.09. The Labute approximate surface area is 108 Å². The molecular weight excluding hydrogens is 229 g/mol. The van der Waals surface area contributed by atoms with Gasteiger partial charge in [0.25, 0.3) is 0 Å². The zero-order valence-corrected chi connectivity index (χ0v) is 11.4. The van der Waals surface area contributed by atoms with E-state index in [0.717, 1.165) is 24.8 Å². The highest BCUT2D eigenvalue weighted by Crippen LogP contribution is 2.48. The highest BCUT2D eigenvalue weighted by molar-refractivity contribution is 5.30. The molecule has 1 aliphatic rings. The number of hydrogen-bond donors (Lipinski definition) is 1. The van der Waals surface area contributed by atoms with Crippen molar-refractivity contribution < 1.29 is 9.13 Å². The first-order valence-electron chi connectivity index (χ1n) is 6.72. The second-order valence-electron chi connectivity index (χ2n) is 5.32. The number of ether oxygens (including phenoxy) is 1. The molecule has 2 nitrogen and oxygen atoms in total. The Bertz CT molecular complexity index is 429. The van der Waals surface area contributed by atoms with Gasteiger partial charge in [0.05, 0.1) is 0 Å². The summed E-state index contributed by atoms with van der Waals surface area (Å²) in [6, 6.07) is 5.14. The first kappa shape index (κ1) is 13.3. The minimum atomic E-state index is -0.290. The summed E-state index contributed by atoms with van der Waals surface area (Å²) >= 11 is 0. The van der Waals surface area contributed by atoms with Crippen LogP contribution in [0.3, 0.4) is 0 Å². The van der Waals surface area contributed by atoms with E-state index in [1.54, 1.807) is 12.1 Å². The van der Waals surface area contributed by atoms with Gasteiger partial charge in [0.15, 0.2) is 11.6 Å². The summed E-state index contributed by atoms with van der Waals surface area (Å²) in [5, 5.41) is 0. The Morgan fingerprint density at radius 2 is 2.06 bits per heavy atom. The van der Waals surface area contributed by atoms with Crippen LogP contribution in [0, 0.1) is 18.2 Å². The Morgan fingerprint density at radius 3 is 2.61 bits per heavy atom. The summed E-state index contributed by atoms with van der Waals surface area (Å²) in [6.45, 7) is 6.20. The lowest BCUT2D eigenvalue weighted by molar-refractivity contribution is -0.0737. The zero-order valence-electron chi connectivity index (χ0n) is 11.4. The lowest BCUT2D eigenvalue weighted by Gasteiger charge is -2.53. The summed E-state index contributed by atoms with van der Waals surface area (Å²) in [6.07, 6.45) is 2.81. The standard InChI is InChI=1S/C15H22FNO/c1-4-15(5-2)13(17)9-14(15)18-12-8-10(3)6-7-11(12)16/h6-8,13-14H,4-5,9,17H2,1-3H3. The summed E-state index contributed by atoms with van der Waals surface area (Å²) in [7, 11) is 0. The van der Waals surface area contributed by atoms with E-state index in [0.29, 0.717) is 5.75 Å². The molecule has 1 fully saturated rings. The molecule has 0 saturated heterocycles. The van der Waals surface area contributed by atoms with Gasteiger partial charge in [-0.3, -0.25) is 0 Å². The van der Waals surface area contributed by atoms with Crippen molar-refractivity contribution in [2.75, 3.05) is 0 Å². The van der Waals surface area contributed by atoms with E-state index in [9.17, 15) is 4.39 Å². The molecule has 2 atom stereocenters. The van der Waals surface area contributed by atoms with E-state index in [4.69, 9.17) is 10.5 Å². The van der Waals surface area contributed by atoms with Crippen LogP contribution >= 0.6 is 0 Å². The van der Waals surface area contributed by atoms with Crippen LogP contribution in [-0.2, 0) is 0 Å². The molecule has 0 heterocycles. The molecule has 100 valence electrons. The molecular formula is C15H22FNO. The zero-order chi connectivity index (χ0) is 13.3. The van der Waals surface area contributed by atoms with E-state index in [2.05, 4.69) is 13.8 Å². The molecule has 0 spiro atoms. The smallest absolute Gasteiger partial charge is 0.165 e. The lowest BCUT2D eigenvalue weighted by Crippen LogP contribution is -2.63. The van der Waals surface area contributed by atoms with E-state index in [-0.39, 0.29) is 23.4 Å². The normalized spacial score (nSPS) is 25.6. The molecule has 1 aromatic rings. The third-order valence-corrected chi connectivity index (χ3v) is 4.52. The first-order chi connectivity index (χ1) is 8.53. The van der Waals surface area contributed by atoms with Gasteiger partial charge in [0.2, 0.25) is 0 Å². The SMILES string of the molecule is CCC1(CC)C(N)CC1Oc1cc(C)ccc1F. The van der Waals surface area contributed by atoms with E-state index < -0.39 is 0 Å². The van der Waals surface area contributed by atoms with Gasteiger partial charge >= 0.3 is 0 Å². The lowest BCUT2D eigenvalue weighted by atomic mass is 9.59. The van der Waals surface area contributed by atoms with Crippen LogP contribution in [0.4, 0.5) is 4.39 Å². The van der Waals surface area contributed by atoms with Crippen LogP contribution in [0.2, 0.25) is 0 Å². The van der Waals surface area contributed by atoms with Crippen LogP contribution in [0.25, 0.3) is 0 Å². The number of rotatable bonds is 4. The Morgan fingerprint density at radius 1 is 1.39 bits per heavy atom. The predicted octanol–water partition coefficient (Wildman–Crippen LogP) is 3.42. The van der Waals surface area contributed by atoms with Crippen molar-refractivity contribution in [2.24, 2.45) is 11.1 Å². The van der Waals surface area contributed by atoms with Crippen molar-refractivity contribution in [3.63, 3.8) is 0 Å². The molecule has 1 saturated carbocycles. The van der Waals surface area contributed by atoms with Gasteiger partial charge in [0, 0.05) is 17.9 Å². The molecule has 0 amide bonds. The predicted molar refractivity (Wildman–Crippen MR) is 71.2 cm³/mol. The van der Waals surface area contributed by atoms with Crippen molar-refractivity contribution in [3.05, 3.63) is 29.6 Å². The third kappa shape index (κ3) is 2.01. The molecule has 0 radical (unpaired) electrons. The first-order valence-corrected chi connectivity index (χ1v) is 6.72. The molecule has 18 heavy (non-hydrogen) atoms. The van der Waals surface area contributed by atoms with Crippen molar-refractivity contribution >= 4 is 0 Å². The van der Waals surface area contributed by atoms with Gasteiger partial charge < -0.3 is 10.5 Å². The summed E-state index contributed by atoms with van der Waals surface area (Å²) in [4.78, 5) is 0. The average molecular weight is 251 g/mol. The van der Waals surface area contributed by atoms with Crippen LogP contribution in [0.15, 0.2) is 18.2 Å². The summed E-state index contributed by atoms with van der Waals surface area (Å²) in [5.74, 6) is 0.0698. The molecule has 2 N–H and O–H groups in total. The monoisotopic (exact) mass is 251 g/mol. The average Bonchev–Trinajstić information content (AvgIpc) is 2.35. The van der Waals surface area contributed by atoms with Gasteiger partial charge in [-0.1, -0.05) is 19.9 Å². The fourth-order valence-corrected chi connectivity index (χ4v) is 3.03. The van der Waals surface area contributed by atoms with E-state index in [1.165, 1.54) is 6.07 Å². The number of hydrogen-bond acceptors (Lipinski definition) is 2. The Balaban J connectivity index is 2.17. The second kappa shape index (κ2) is 4.88. The molecule has 0 aromatic heterocycles. The maximum Gasteiger partial charge on any atom is 0.165 e. The largest absolute Gasteiger partial charge is 0.487 e. The number of benzene rings is 1. The van der Waals surface area contributed by atoms with Crippen molar-refractivity contribution in [1.29, 1.82) is 0 Å². The van der Waals surface area contributed by atoms with Crippen LogP contribution in [0.5, 0.6) is 5.75 Å². The fourth-order valence-electron chi connectivity index (χ4n) is 3.03. The van der Waals surface area contributed by atoms with E-state index >= 15 is 0 Å². The maximum atomic E-state index is 13.7. The molecule has 1 aliphatic carbocycles. The van der Waals surface area contributed by atoms with Crippen molar-refractivity contribution in [2.45, 2.75) is 52.2 Å². The molecule has 2 rings (SSSR count). The van der Waals surface area contributed by atoms with Gasteiger partial charge in [0.1, 0.15) is 6.10 Å². The molecule has 2 unspecified atom stereocenters. The van der Waals surface area contributed by atoms with Gasteiger partial charge in [-0.2, -0.15) is 0 Å². The summed E-state index contributed by atoms with van der Waals surface area (Å²) < 4.78 is 19.6. The van der Waals surface area contributed by atoms with Crippen molar-refractivity contribution in [1.82, 2.24) is 0 Å². The summed E-state index contributed by atoms with van der Waals surface area (Å²) in [5.41, 5.74) is 7.14. The number of nitrogens with two attached hydrogens (primary N) is 1. The minimum absolute atomic E-state index is 0.0101. The molecule has 1 aromatic carbocycles. The molecule has 0 bridgehead atoms. The van der Waals surface area contributed by atoms with Gasteiger partial charge in [-0.25, -0.2) is 4.39 Å². The molecule has 0 aliphatic heterocycles.